The van der Waals surface area contributed by atoms with E-state index < -0.39 is 11.7 Å². The van der Waals surface area contributed by atoms with Gasteiger partial charge in [0.1, 0.15) is 12.1 Å². The lowest BCUT2D eigenvalue weighted by molar-refractivity contribution is -0.152. The third-order valence-corrected chi connectivity index (χ3v) is 3.77. The van der Waals surface area contributed by atoms with E-state index in [0.717, 1.165) is 4.57 Å². The molecule has 0 saturated heterocycles. The minimum atomic E-state index is -1.11. The standard InChI is InChI=1S/C18H26N4O4/c1-11(2)21(6)16-20-13-8-7-12(9-14(13)22(16)17(24)25)19-10-15(23)26-18(3,4)5/h7-9,11,19H,10H2,1-6H3,(H,24,25). The number of aromatic nitrogens is 2. The third kappa shape index (κ3) is 4.44. The van der Waals surface area contributed by atoms with Crippen LogP contribution in [0.2, 0.25) is 0 Å². The average molecular weight is 362 g/mol. The second kappa shape index (κ2) is 7.23. The van der Waals surface area contributed by atoms with E-state index in [1.165, 1.54) is 0 Å². The van der Waals surface area contributed by atoms with Crippen molar-refractivity contribution >= 4 is 34.7 Å². The van der Waals surface area contributed by atoms with Crippen molar-refractivity contribution in [3.63, 3.8) is 0 Å². The predicted molar refractivity (Wildman–Crippen MR) is 101 cm³/mol. The van der Waals surface area contributed by atoms with E-state index in [4.69, 9.17) is 4.74 Å². The Morgan fingerprint density at radius 3 is 2.54 bits per heavy atom. The van der Waals surface area contributed by atoms with Crippen molar-refractivity contribution in [2.24, 2.45) is 0 Å². The first-order valence-electron chi connectivity index (χ1n) is 8.44. The summed E-state index contributed by atoms with van der Waals surface area (Å²) in [5.74, 6) is -0.0311. The maximum atomic E-state index is 11.8. The molecule has 1 aromatic heterocycles. The number of carbonyl (C=O) groups excluding carboxylic acids is 1. The van der Waals surface area contributed by atoms with Crippen LogP contribution in [0.3, 0.4) is 0 Å². The highest BCUT2D eigenvalue weighted by atomic mass is 16.6. The fraction of sp³-hybridized carbons (Fsp3) is 0.500. The summed E-state index contributed by atoms with van der Waals surface area (Å²) >= 11 is 0. The van der Waals surface area contributed by atoms with Crippen LogP contribution in [-0.4, -0.2) is 52.0 Å². The van der Waals surface area contributed by atoms with Crippen LogP contribution in [0.1, 0.15) is 34.6 Å². The summed E-state index contributed by atoms with van der Waals surface area (Å²) in [4.78, 5) is 29.8. The Morgan fingerprint density at radius 1 is 1.35 bits per heavy atom. The molecule has 0 aliphatic carbocycles. The van der Waals surface area contributed by atoms with Crippen molar-refractivity contribution in [3.05, 3.63) is 18.2 Å². The normalized spacial score (nSPS) is 11.7. The summed E-state index contributed by atoms with van der Waals surface area (Å²) in [6.45, 7) is 9.31. The van der Waals surface area contributed by atoms with Gasteiger partial charge in [-0.25, -0.2) is 14.3 Å². The molecule has 0 bridgehead atoms. The zero-order valence-electron chi connectivity index (χ0n) is 16.0. The Hall–Kier alpha value is -2.77. The quantitative estimate of drug-likeness (QED) is 0.789. The molecule has 2 N–H and O–H groups in total. The Bertz CT molecular complexity index is 820. The Morgan fingerprint density at radius 2 is 2.00 bits per heavy atom. The van der Waals surface area contributed by atoms with Crippen molar-refractivity contribution in [1.29, 1.82) is 0 Å². The molecule has 0 aliphatic heterocycles. The van der Waals surface area contributed by atoms with Gasteiger partial charge in [0.25, 0.3) is 0 Å². The lowest BCUT2D eigenvalue weighted by atomic mass is 10.2. The summed E-state index contributed by atoms with van der Waals surface area (Å²) in [6.07, 6.45) is -1.11. The van der Waals surface area contributed by atoms with E-state index in [2.05, 4.69) is 10.3 Å². The molecule has 0 amide bonds. The molecule has 8 heteroatoms. The number of nitrogens with one attached hydrogen (secondary N) is 1. The zero-order valence-corrected chi connectivity index (χ0v) is 16.0. The molecule has 0 aliphatic rings. The fourth-order valence-electron chi connectivity index (χ4n) is 2.38. The van der Waals surface area contributed by atoms with Crippen LogP contribution in [0.4, 0.5) is 16.4 Å². The first kappa shape index (κ1) is 19.6. The van der Waals surface area contributed by atoms with Crippen LogP contribution >= 0.6 is 0 Å². The molecular weight excluding hydrogens is 336 g/mol. The fourth-order valence-corrected chi connectivity index (χ4v) is 2.38. The number of anilines is 2. The van der Waals surface area contributed by atoms with E-state index in [0.29, 0.717) is 22.7 Å². The average Bonchev–Trinajstić information content (AvgIpc) is 2.88. The molecule has 2 rings (SSSR count). The van der Waals surface area contributed by atoms with E-state index in [9.17, 15) is 14.7 Å². The minimum Gasteiger partial charge on any atom is -0.464 e. The van der Waals surface area contributed by atoms with Crippen LogP contribution in [0.15, 0.2) is 18.2 Å². The van der Waals surface area contributed by atoms with Gasteiger partial charge in [-0.2, -0.15) is 0 Å². The summed E-state index contributed by atoms with van der Waals surface area (Å²) in [5.41, 5.74) is 1.08. The maximum absolute atomic E-state index is 11.8. The Labute approximate surface area is 152 Å². The summed E-state index contributed by atoms with van der Waals surface area (Å²) in [7, 11) is 1.80. The van der Waals surface area contributed by atoms with Gasteiger partial charge in [0.05, 0.1) is 11.0 Å². The monoisotopic (exact) mass is 362 g/mol. The number of carboxylic acid groups (broad SMARTS) is 1. The zero-order chi connectivity index (χ0) is 19.6. The van der Waals surface area contributed by atoms with Gasteiger partial charge in [0.2, 0.25) is 5.95 Å². The molecule has 2 aromatic rings. The summed E-state index contributed by atoms with van der Waals surface area (Å²) in [6, 6.07) is 5.24. The van der Waals surface area contributed by atoms with Gasteiger partial charge in [-0.15, -0.1) is 0 Å². The number of imidazole rings is 1. The maximum Gasteiger partial charge on any atom is 0.418 e. The van der Waals surface area contributed by atoms with E-state index in [1.54, 1.807) is 50.9 Å². The molecule has 0 fully saturated rings. The molecule has 8 nitrogen and oxygen atoms in total. The highest BCUT2D eigenvalue weighted by molar-refractivity contribution is 5.92. The first-order valence-corrected chi connectivity index (χ1v) is 8.44. The lowest BCUT2D eigenvalue weighted by Gasteiger charge is -2.22. The van der Waals surface area contributed by atoms with Gasteiger partial charge in [-0.05, 0) is 52.8 Å². The number of nitrogens with zero attached hydrogens (tertiary/aromatic N) is 3. The van der Waals surface area contributed by atoms with Gasteiger partial charge in [0, 0.05) is 18.8 Å². The number of benzene rings is 1. The number of ether oxygens (including phenoxy) is 1. The van der Waals surface area contributed by atoms with Crippen molar-refractivity contribution in [2.45, 2.75) is 46.3 Å². The van der Waals surface area contributed by atoms with Crippen LogP contribution in [0.25, 0.3) is 11.0 Å². The Kier molecular flexibility index (Phi) is 5.44. The van der Waals surface area contributed by atoms with E-state index in [1.807, 2.05) is 13.8 Å². The summed E-state index contributed by atoms with van der Waals surface area (Å²) < 4.78 is 6.40. The van der Waals surface area contributed by atoms with Gasteiger partial charge in [0.15, 0.2) is 0 Å². The third-order valence-electron chi connectivity index (χ3n) is 3.77. The van der Waals surface area contributed by atoms with Crippen LogP contribution in [0, 0.1) is 0 Å². The van der Waals surface area contributed by atoms with Crippen LogP contribution in [0.5, 0.6) is 0 Å². The van der Waals surface area contributed by atoms with Gasteiger partial charge >= 0.3 is 12.1 Å². The number of hydrogen-bond acceptors (Lipinski definition) is 6. The van der Waals surface area contributed by atoms with Crippen LogP contribution in [-0.2, 0) is 9.53 Å². The number of carbonyl (C=O) groups is 2. The Balaban J connectivity index is 2.31. The van der Waals surface area contributed by atoms with Crippen molar-refractivity contribution in [3.8, 4) is 0 Å². The molecule has 0 unspecified atom stereocenters. The van der Waals surface area contributed by atoms with E-state index >= 15 is 0 Å². The highest BCUT2D eigenvalue weighted by Crippen LogP contribution is 2.25. The SMILES string of the molecule is CC(C)N(C)c1nc2ccc(NCC(=O)OC(C)(C)C)cc2n1C(=O)O. The molecule has 0 saturated carbocycles. The minimum absolute atomic E-state index is 0.0112. The smallest absolute Gasteiger partial charge is 0.418 e. The van der Waals surface area contributed by atoms with Gasteiger partial charge in [-0.1, -0.05) is 0 Å². The van der Waals surface area contributed by atoms with E-state index in [-0.39, 0.29) is 18.6 Å². The van der Waals surface area contributed by atoms with Crippen molar-refractivity contribution in [1.82, 2.24) is 9.55 Å². The largest absolute Gasteiger partial charge is 0.464 e. The number of hydrogen-bond donors (Lipinski definition) is 2. The molecule has 0 atom stereocenters. The van der Waals surface area contributed by atoms with Crippen molar-refractivity contribution < 1.29 is 19.4 Å². The molecule has 1 aromatic carbocycles. The molecular formula is C18H26N4O4. The second-order valence-electron chi connectivity index (χ2n) is 7.38. The van der Waals surface area contributed by atoms with Crippen molar-refractivity contribution in [2.75, 3.05) is 23.8 Å². The predicted octanol–water partition coefficient (Wildman–Crippen LogP) is 3.16. The molecule has 0 spiro atoms. The first-order chi connectivity index (χ1) is 12.0. The van der Waals surface area contributed by atoms with Gasteiger partial charge in [-0.3, -0.25) is 4.79 Å². The summed E-state index contributed by atoms with van der Waals surface area (Å²) in [5, 5.41) is 12.6. The number of fused-ring (bicyclic) bond motifs is 1. The lowest BCUT2D eigenvalue weighted by Crippen LogP contribution is -2.30. The molecule has 1 heterocycles. The highest BCUT2D eigenvalue weighted by Gasteiger charge is 2.21. The molecule has 0 radical (unpaired) electrons. The van der Waals surface area contributed by atoms with Gasteiger partial charge < -0.3 is 20.1 Å². The molecule has 26 heavy (non-hydrogen) atoms. The molecule has 142 valence electrons. The topological polar surface area (TPSA) is 96.7 Å². The number of esters is 1. The second-order valence-corrected chi connectivity index (χ2v) is 7.38. The van der Waals surface area contributed by atoms with Crippen LogP contribution < -0.4 is 10.2 Å². The number of rotatable bonds is 5.